The zero-order valence-electron chi connectivity index (χ0n) is 11.5. The number of nitrogens with one attached hydrogen (secondary N) is 1. The third kappa shape index (κ3) is 2.78. The summed E-state index contributed by atoms with van der Waals surface area (Å²) in [5.74, 6) is 1.67. The Hall–Kier alpha value is -2.44. The van der Waals surface area contributed by atoms with E-state index in [0.717, 1.165) is 5.69 Å². The predicted octanol–water partition coefficient (Wildman–Crippen LogP) is 4.52. The number of hydrogen-bond acceptors (Lipinski definition) is 6. The van der Waals surface area contributed by atoms with Gasteiger partial charge >= 0.3 is 6.01 Å². The number of hydrogen-bond donors (Lipinski definition) is 1. The predicted molar refractivity (Wildman–Crippen MR) is 85.6 cm³/mol. The Labute approximate surface area is 140 Å². The van der Waals surface area contributed by atoms with E-state index in [9.17, 15) is 0 Å². The molecule has 0 amide bonds. The van der Waals surface area contributed by atoms with E-state index in [0.29, 0.717) is 33.0 Å². The van der Waals surface area contributed by atoms with Gasteiger partial charge in [0.25, 0.3) is 5.89 Å². The van der Waals surface area contributed by atoms with Crippen LogP contribution in [0, 0.1) is 0 Å². The van der Waals surface area contributed by atoms with E-state index in [1.807, 2.05) is 6.07 Å². The molecule has 0 saturated carbocycles. The molecule has 0 unspecified atom stereocenters. The molecule has 0 aliphatic carbocycles. The van der Waals surface area contributed by atoms with E-state index >= 15 is 0 Å². The van der Waals surface area contributed by atoms with Gasteiger partial charge in [0, 0.05) is 16.8 Å². The number of rotatable bonds is 3. The van der Waals surface area contributed by atoms with E-state index in [1.54, 1.807) is 30.3 Å². The Morgan fingerprint density at radius 2 is 1.83 bits per heavy atom. The van der Waals surface area contributed by atoms with Crippen LogP contribution in [0.15, 0.2) is 40.8 Å². The van der Waals surface area contributed by atoms with Gasteiger partial charge in [0.05, 0.1) is 10.6 Å². The van der Waals surface area contributed by atoms with Crippen molar-refractivity contribution in [2.45, 2.75) is 0 Å². The second-order valence-electron chi connectivity index (χ2n) is 4.73. The molecule has 0 saturated heterocycles. The van der Waals surface area contributed by atoms with Gasteiger partial charge in [-0.15, -0.1) is 5.10 Å². The van der Waals surface area contributed by atoms with Crippen LogP contribution in [0.4, 0.5) is 11.7 Å². The molecule has 2 aromatic carbocycles. The van der Waals surface area contributed by atoms with E-state index in [4.69, 9.17) is 37.1 Å². The fourth-order valence-electron chi connectivity index (χ4n) is 2.14. The molecule has 1 aliphatic rings. The number of nitrogens with zero attached hydrogens (tertiary/aromatic N) is 2. The normalized spacial score (nSPS) is 12.4. The first-order valence-electron chi connectivity index (χ1n) is 6.65. The summed E-state index contributed by atoms with van der Waals surface area (Å²) >= 11 is 12.0. The van der Waals surface area contributed by atoms with Crippen molar-refractivity contribution >= 4 is 34.9 Å². The Morgan fingerprint density at radius 1 is 0.957 bits per heavy atom. The second-order valence-corrected chi connectivity index (χ2v) is 5.57. The Kier molecular flexibility index (Phi) is 3.48. The van der Waals surface area contributed by atoms with Crippen molar-refractivity contribution in [2.75, 3.05) is 12.1 Å². The van der Waals surface area contributed by atoms with Crippen LogP contribution in [-0.4, -0.2) is 17.0 Å². The number of ether oxygens (including phenoxy) is 2. The van der Waals surface area contributed by atoms with Crippen LogP contribution in [0.1, 0.15) is 0 Å². The van der Waals surface area contributed by atoms with Gasteiger partial charge in [-0.2, -0.15) is 0 Å². The molecule has 8 heteroatoms. The van der Waals surface area contributed by atoms with E-state index in [1.165, 1.54) is 0 Å². The van der Waals surface area contributed by atoms with Crippen LogP contribution < -0.4 is 14.8 Å². The lowest BCUT2D eigenvalue weighted by Crippen LogP contribution is -1.93. The highest BCUT2D eigenvalue weighted by atomic mass is 35.5. The van der Waals surface area contributed by atoms with Crippen LogP contribution in [0.3, 0.4) is 0 Å². The van der Waals surface area contributed by atoms with Crippen molar-refractivity contribution in [3.05, 3.63) is 46.4 Å². The summed E-state index contributed by atoms with van der Waals surface area (Å²) in [6.07, 6.45) is 0. The maximum absolute atomic E-state index is 6.13. The van der Waals surface area contributed by atoms with E-state index in [2.05, 4.69) is 15.5 Å². The highest BCUT2D eigenvalue weighted by molar-refractivity contribution is 6.36. The number of aromatic nitrogens is 2. The maximum Gasteiger partial charge on any atom is 0.320 e. The van der Waals surface area contributed by atoms with Crippen LogP contribution in [0.25, 0.3) is 11.5 Å². The van der Waals surface area contributed by atoms with Gasteiger partial charge in [0.2, 0.25) is 6.79 Å². The summed E-state index contributed by atoms with van der Waals surface area (Å²) in [7, 11) is 0. The summed E-state index contributed by atoms with van der Waals surface area (Å²) in [5.41, 5.74) is 1.36. The van der Waals surface area contributed by atoms with Gasteiger partial charge in [-0.3, -0.25) is 0 Å². The van der Waals surface area contributed by atoms with E-state index in [-0.39, 0.29) is 12.8 Å². The van der Waals surface area contributed by atoms with Crippen molar-refractivity contribution in [1.82, 2.24) is 10.2 Å². The molecule has 1 N–H and O–H groups in total. The molecule has 4 rings (SSSR count). The fourth-order valence-corrected chi connectivity index (χ4v) is 2.63. The summed E-state index contributed by atoms with van der Waals surface area (Å²) in [6, 6.07) is 10.7. The molecular formula is C15H9Cl2N3O3. The van der Waals surface area contributed by atoms with Gasteiger partial charge in [0.15, 0.2) is 11.5 Å². The minimum Gasteiger partial charge on any atom is -0.454 e. The average Bonchev–Trinajstić information content (AvgIpc) is 3.16. The summed E-state index contributed by atoms with van der Waals surface area (Å²) in [6.45, 7) is 0.221. The second kappa shape index (κ2) is 5.64. The lowest BCUT2D eigenvalue weighted by Gasteiger charge is -2.02. The first kappa shape index (κ1) is 14.2. The molecule has 1 aliphatic heterocycles. The Balaban J connectivity index is 1.58. The molecule has 0 bridgehead atoms. The van der Waals surface area contributed by atoms with Gasteiger partial charge in [-0.05, 0) is 30.3 Å². The van der Waals surface area contributed by atoms with Gasteiger partial charge in [0.1, 0.15) is 0 Å². The lowest BCUT2D eigenvalue weighted by atomic mass is 10.2. The number of anilines is 2. The molecule has 6 nitrogen and oxygen atoms in total. The topological polar surface area (TPSA) is 69.4 Å². The monoisotopic (exact) mass is 349 g/mol. The maximum atomic E-state index is 6.13. The standard InChI is InChI=1S/C15H9Cl2N3O3/c16-8-1-3-10(11(17)5-8)14-19-20-15(23-14)18-9-2-4-12-13(6-9)22-7-21-12/h1-6H,7H2,(H,18,20). The fraction of sp³-hybridized carbons (Fsp3) is 0.0667. The molecule has 23 heavy (non-hydrogen) atoms. The summed E-state index contributed by atoms with van der Waals surface area (Å²) in [4.78, 5) is 0. The molecule has 2 heterocycles. The third-order valence-corrected chi connectivity index (χ3v) is 3.76. The summed E-state index contributed by atoms with van der Waals surface area (Å²) < 4.78 is 16.2. The molecule has 0 fully saturated rings. The van der Waals surface area contributed by atoms with Crippen LogP contribution >= 0.6 is 23.2 Å². The molecule has 0 spiro atoms. The van der Waals surface area contributed by atoms with Crippen molar-refractivity contribution < 1.29 is 13.9 Å². The Morgan fingerprint density at radius 3 is 2.70 bits per heavy atom. The highest BCUT2D eigenvalue weighted by Gasteiger charge is 2.15. The van der Waals surface area contributed by atoms with Crippen LogP contribution in [-0.2, 0) is 0 Å². The van der Waals surface area contributed by atoms with Gasteiger partial charge in [-0.1, -0.05) is 28.3 Å². The minimum absolute atomic E-state index is 0.221. The molecule has 3 aromatic rings. The summed E-state index contributed by atoms with van der Waals surface area (Å²) in [5, 5.41) is 11.9. The molecule has 0 radical (unpaired) electrons. The molecular weight excluding hydrogens is 341 g/mol. The minimum atomic E-state index is 0.221. The van der Waals surface area contributed by atoms with Crippen LogP contribution in [0.5, 0.6) is 11.5 Å². The highest BCUT2D eigenvalue weighted by Crippen LogP contribution is 2.35. The van der Waals surface area contributed by atoms with Gasteiger partial charge < -0.3 is 19.2 Å². The van der Waals surface area contributed by atoms with Crippen LogP contribution in [0.2, 0.25) is 10.0 Å². The first-order chi connectivity index (χ1) is 11.2. The Bertz CT molecular complexity index is 882. The van der Waals surface area contributed by atoms with Gasteiger partial charge in [-0.25, -0.2) is 0 Å². The first-order valence-corrected chi connectivity index (χ1v) is 7.40. The number of benzene rings is 2. The molecule has 116 valence electrons. The zero-order chi connectivity index (χ0) is 15.8. The quantitative estimate of drug-likeness (QED) is 0.749. The van der Waals surface area contributed by atoms with Crippen molar-refractivity contribution in [1.29, 1.82) is 0 Å². The number of fused-ring (bicyclic) bond motifs is 1. The van der Waals surface area contributed by atoms with Crippen molar-refractivity contribution in [3.8, 4) is 23.0 Å². The number of halogens is 2. The molecule has 0 atom stereocenters. The SMILES string of the molecule is Clc1ccc(-c2nnc(Nc3ccc4c(c3)OCO4)o2)c(Cl)c1. The largest absolute Gasteiger partial charge is 0.454 e. The zero-order valence-corrected chi connectivity index (χ0v) is 13.1. The lowest BCUT2D eigenvalue weighted by molar-refractivity contribution is 0.174. The van der Waals surface area contributed by atoms with Crippen molar-refractivity contribution in [2.24, 2.45) is 0 Å². The average molecular weight is 350 g/mol. The van der Waals surface area contributed by atoms with E-state index < -0.39 is 0 Å². The molecule has 1 aromatic heterocycles. The third-order valence-electron chi connectivity index (χ3n) is 3.21. The smallest absolute Gasteiger partial charge is 0.320 e. The van der Waals surface area contributed by atoms with Crippen molar-refractivity contribution in [3.63, 3.8) is 0 Å².